The van der Waals surface area contributed by atoms with E-state index < -0.39 is 0 Å². The Morgan fingerprint density at radius 1 is 1.50 bits per heavy atom. The maximum absolute atomic E-state index is 9.22. The summed E-state index contributed by atoms with van der Waals surface area (Å²) in [6, 6.07) is 3.92. The van der Waals surface area contributed by atoms with Gasteiger partial charge in [-0.3, -0.25) is 4.90 Å². The molecule has 3 rings (SSSR count). The quantitative estimate of drug-likeness (QED) is 0.919. The molecule has 1 saturated heterocycles. The minimum absolute atomic E-state index is 0.0352. The van der Waals surface area contributed by atoms with E-state index in [1.807, 2.05) is 24.4 Å². The zero-order valence-electron chi connectivity index (χ0n) is 11.2. The van der Waals surface area contributed by atoms with Gasteiger partial charge >= 0.3 is 0 Å². The van der Waals surface area contributed by atoms with E-state index in [0.29, 0.717) is 24.8 Å². The van der Waals surface area contributed by atoms with E-state index in [2.05, 4.69) is 15.0 Å². The van der Waals surface area contributed by atoms with Crippen LogP contribution < -0.4 is 0 Å². The summed E-state index contributed by atoms with van der Waals surface area (Å²) in [5.41, 5.74) is 0. The Labute approximate surface area is 121 Å². The van der Waals surface area contributed by atoms with Gasteiger partial charge in [0.2, 0.25) is 0 Å². The average Bonchev–Trinajstić information content (AvgIpc) is 3.08. The van der Waals surface area contributed by atoms with E-state index in [0.717, 1.165) is 11.4 Å². The highest BCUT2D eigenvalue weighted by atomic mass is 32.1. The summed E-state index contributed by atoms with van der Waals surface area (Å²) >= 11 is 1.58. The Hall–Kier alpha value is -1.28. The summed E-state index contributed by atoms with van der Waals surface area (Å²) in [5.74, 6) is 1.23. The number of hydrogen-bond acceptors (Lipinski definition) is 7. The van der Waals surface area contributed by atoms with Gasteiger partial charge in [-0.15, -0.1) is 11.3 Å². The summed E-state index contributed by atoms with van der Waals surface area (Å²) in [5, 5.41) is 15.2. The second-order valence-corrected chi connectivity index (χ2v) is 5.89. The highest BCUT2D eigenvalue weighted by Crippen LogP contribution is 2.23. The van der Waals surface area contributed by atoms with E-state index in [-0.39, 0.29) is 18.8 Å². The molecule has 1 aliphatic rings. The fraction of sp³-hybridized carbons (Fsp3) is 0.538. The Balaban J connectivity index is 1.66. The van der Waals surface area contributed by atoms with Crippen LogP contribution in [0.3, 0.4) is 0 Å². The van der Waals surface area contributed by atoms with Crippen LogP contribution in [-0.4, -0.2) is 52.1 Å². The SMILES string of the molecule is CC1CN(Cc2noc(-c3cccs3)n2)CC(CO)O1. The van der Waals surface area contributed by atoms with Gasteiger partial charge in [0.25, 0.3) is 5.89 Å². The number of aromatic nitrogens is 2. The van der Waals surface area contributed by atoms with Crippen molar-refractivity contribution in [1.82, 2.24) is 15.0 Å². The standard InChI is InChI=1S/C13H17N3O3S/c1-9-5-16(6-10(8-17)18-9)7-12-14-13(19-15-12)11-3-2-4-20-11/h2-4,9-10,17H,5-8H2,1H3. The van der Waals surface area contributed by atoms with Crippen LogP contribution in [0.1, 0.15) is 12.7 Å². The normalized spacial score (nSPS) is 24.1. The Bertz CT molecular complexity index is 543. The van der Waals surface area contributed by atoms with Crippen molar-refractivity contribution >= 4 is 11.3 Å². The van der Waals surface area contributed by atoms with Crippen LogP contribution >= 0.6 is 11.3 Å². The lowest BCUT2D eigenvalue weighted by Gasteiger charge is -2.35. The number of aliphatic hydroxyl groups excluding tert-OH is 1. The van der Waals surface area contributed by atoms with Crippen LogP contribution in [0.5, 0.6) is 0 Å². The Morgan fingerprint density at radius 2 is 2.40 bits per heavy atom. The van der Waals surface area contributed by atoms with E-state index in [1.165, 1.54) is 0 Å². The van der Waals surface area contributed by atoms with Gasteiger partial charge < -0.3 is 14.4 Å². The van der Waals surface area contributed by atoms with Gasteiger partial charge in [-0.2, -0.15) is 4.98 Å². The highest BCUT2D eigenvalue weighted by Gasteiger charge is 2.25. The number of thiophene rings is 1. The van der Waals surface area contributed by atoms with Crippen molar-refractivity contribution in [2.75, 3.05) is 19.7 Å². The zero-order valence-corrected chi connectivity index (χ0v) is 12.0. The number of nitrogens with zero attached hydrogens (tertiary/aromatic N) is 3. The first-order valence-electron chi connectivity index (χ1n) is 6.59. The van der Waals surface area contributed by atoms with Crippen LogP contribution in [0.4, 0.5) is 0 Å². The molecule has 20 heavy (non-hydrogen) atoms. The molecule has 0 radical (unpaired) electrons. The third-order valence-electron chi connectivity index (χ3n) is 3.17. The molecule has 108 valence electrons. The highest BCUT2D eigenvalue weighted by molar-refractivity contribution is 7.13. The first-order chi connectivity index (χ1) is 9.74. The van der Waals surface area contributed by atoms with Crippen molar-refractivity contribution in [3.05, 3.63) is 23.3 Å². The molecule has 0 bridgehead atoms. The summed E-state index contributed by atoms with van der Waals surface area (Å²) in [7, 11) is 0. The minimum Gasteiger partial charge on any atom is -0.394 e. The molecule has 2 unspecified atom stereocenters. The fourth-order valence-electron chi connectivity index (χ4n) is 2.39. The Kier molecular flexibility index (Phi) is 4.11. The van der Waals surface area contributed by atoms with Gasteiger partial charge in [-0.05, 0) is 18.4 Å². The van der Waals surface area contributed by atoms with Crippen LogP contribution in [0.15, 0.2) is 22.0 Å². The van der Waals surface area contributed by atoms with Gasteiger partial charge in [0.15, 0.2) is 5.82 Å². The molecule has 2 atom stereocenters. The summed E-state index contributed by atoms with van der Waals surface area (Å²) < 4.78 is 10.9. The largest absolute Gasteiger partial charge is 0.394 e. The zero-order chi connectivity index (χ0) is 13.9. The Morgan fingerprint density at radius 3 is 3.15 bits per heavy atom. The van der Waals surface area contributed by atoms with Gasteiger partial charge in [0, 0.05) is 13.1 Å². The molecule has 7 heteroatoms. The first kappa shape index (κ1) is 13.7. The lowest BCUT2D eigenvalue weighted by atomic mass is 10.2. The monoisotopic (exact) mass is 295 g/mol. The molecule has 2 aromatic rings. The number of ether oxygens (including phenoxy) is 1. The summed E-state index contributed by atoms with van der Waals surface area (Å²) in [6.45, 7) is 4.14. The molecule has 0 amide bonds. The smallest absolute Gasteiger partial charge is 0.268 e. The predicted molar refractivity (Wildman–Crippen MR) is 74.3 cm³/mol. The molecule has 1 fully saturated rings. The van der Waals surface area contributed by atoms with Gasteiger partial charge in [-0.25, -0.2) is 0 Å². The molecule has 1 aliphatic heterocycles. The van der Waals surface area contributed by atoms with Gasteiger partial charge in [0.1, 0.15) is 0 Å². The molecule has 1 N–H and O–H groups in total. The van der Waals surface area contributed by atoms with Crippen molar-refractivity contribution in [2.45, 2.75) is 25.7 Å². The van der Waals surface area contributed by atoms with Crippen LogP contribution in [0, 0.1) is 0 Å². The topological polar surface area (TPSA) is 71.6 Å². The minimum atomic E-state index is -0.137. The maximum Gasteiger partial charge on any atom is 0.268 e. The number of aliphatic hydroxyl groups is 1. The molecule has 0 aromatic carbocycles. The lowest BCUT2D eigenvalue weighted by molar-refractivity contribution is -0.0978. The van der Waals surface area contributed by atoms with E-state index in [1.54, 1.807) is 11.3 Å². The van der Waals surface area contributed by atoms with Crippen molar-refractivity contribution in [2.24, 2.45) is 0 Å². The predicted octanol–water partition coefficient (Wildman–Crippen LogP) is 1.38. The fourth-order valence-corrected chi connectivity index (χ4v) is 3.03. The van der Waals surface area contributed by atoms with Crippen LogP contribution in [0.25, 0.3) is 10.8 Å². The van der Waals surface area contributed by atoms with Crippen LogP contribution in [0.2, 0.25) is 0 Å². The number of morpholine rings is 1. The van der Waals surface area contributed by atoms with E-state index >= 15 is 0 Å². The first-order valence-corrected chi connectivity index (χ1v) is 7.47. The molecular formula is C13H17N3O3S. The second kappa shape index (κ2) is 6.01. The summed E-state index contributed by atoms with van der Waals surface area (Å²) in [6.07, 6.45) is -0.0352. The molecule has 0 saturated carbocycles. The third-order valence-corrected chi connectivity index (χ3v) is 4.03. The maximum atomic E-state index is 9.22. The molecule has 2 aromatic heterocycles. The average molecular weight is 295 g/mol. The van der Waals surface area contributed by atoms with E-state index in [9.17, 15) is 5.11 Å². The molecule has 3 heterocycles. The second-order valence-electron chi connectivity index (χ2n) is 4.94. The van der Waals surface area contributed by atoms with Crippen molar-refractivity contribution in [3.8, 4) is 10.8 Å². The molecule has 6 nitrogen and oxygen atoms in total. The lowest BCUT2D eigenvalue weighted by Crippen LogP contribution is -2.47. The summed E-state index contributed by atoms with van der Waals surface area (Å²) in [4.78, 5) is 7.57. The van der Waals surface area contributed by atoms with Crippen LogP contribution in [-0.2, 0) is 11.3 Å². The molecule has 0 aliphatic carbocycles. The van der Waals surface area contributed by atoms with Gasteiger partial charge in [-0.1, -0.05) is 11.2 Å². The number of hydrogen-bond donors (Lipinski definition) is 1. The number of rotatable bonds is 4. The van der Waals surface area contributed by atoms with Crippen molar-refractivity contribution in [1.29, 1.82) is 0 Å². The van der Waals surface area contributed by atoms with Crippen molar-refractivity contribution in [3.63, 3.8) is 0 Å². The third kappa shape index (κ3) is 3.06. The van der Waals surface area contributed by atoms with Gasteiger partial charge in [0.05, 0.1) is 30.2 Å². The van der Waals surface area contributed by atoms with E-state index in [4.69, 9.17) is 9.26 Å². The molecule has 0 spiro atoms. The molecular weight excluding hydrogens is 278 g/mol. The van der Waals surface area contributed by atoms with Crippen molar-refractivity contribution < 1.29 is 14.4 Å².